The number of fused-ring (bicyclic) bond motifs is 1. The maximum absolute atomic E-state index is 11.2. The van der Waals surface area contributed by atoms with Crippen molar-refractivity contribution in [1.82, 2.24) is 10.1 Å². The van der Waals surface area contributed by atoms with E-state index in [1.165, 1.54) is 0 Å². The highest BCUT2D eigenvalue weighted by molar-refractivity contribution is 6.27. The number of aromatic amines is 1. The smallest absolute Gasteiger partial charge is 0.283 e. The van der Waals surface area contributed by atoms with Gasteiger partial charge in [0.25, 0.3) is 5.56 Å². The molecule has 0 aromatic carbocycles. The molecule has 0 atom stereocenters. The van der Waals surface area contributed by atoms with Gasteiger partial charge in [0.15, 0.2) is 5.76 Å². The standard InChI is InChI=1S/C8H9ClN2O3/c9-3-7(12)11-2-1-5-6(4-11)14-10-8(5)13/h1-4H2,(H,10,13). The minimum atomic E-state index is -0.196. The highest BCUT2D eigenvalue weighted by atomic mass is 35.5. The number of halogens is 1. The van der Waals surface area contributed by atoms with E-state index >= 15 is 0 Å². The number of carbonyl (C=O) groups is 1. The van der Waals surface area contributed by atoms with E-state index in [1.807, 2.05) is 0 Å². The molecule has 6 heteroatoms. The Bertz CT molecular complexity index is 409. The number of carbonyl (C=O) groups excluding carboxylic acids is 1. The van der Waals surface area contributed by atoms with Crippen LogP contribution in [0.1, 0.15) is 11.3 Å². The van der Waals surface area contributed by atoms with Crippen LogP contribution < -0.4 is 5.56 Å². The van der Waals surface area contributed by atoms with Gasteiger partial charge < -0.3 is 9.42 Å². The highest BCUT2D eigenvalue weighted by Crippen LogP contribution is 2.15. The predicted octanol–water partition coefficient (Wildman–Crippen LogP) is 0.0914. The van der Waals surface area contributed by atoms with Crippen molar-refractivity contribution >= 4 is 17.5 Å². The van der Waals surface area contributed by atoms with Gasteiger partial charge in [0.2, 0.25) is 5.91 Å². The zero-order valence-corrected chi connectivity index (χ0v) is 8.13. The molecule has 5 nitrogen and oxygen atoms in total. The normalized spacial score (nSPS) is 15.4. The van der Waals surface area contributed by atoms with Crippen LogP contribution in [0.2, 0.25) is 0 Å². The summed E-state index contributed by atoms with van der Waals surface area (Å²) in [7, 11) is 0. The fourth-order valence-corrected chi connectivity index (χ4v) is 1.70. The summed E-state index contributed by atoms with van der Waals surface area (Å²) in [6.07, 6.45) is 0.532. The van der Waals surface area contributed by atoms with E-state index in [2.05, 4.69) is 5.16 Å². The summed E-state index contributed by atoms with van der Waals surface area (Å²) in [4.78, 5) is 24.0. The second-order valence-electron chi connectivity index (χ2n) is 3.13. The van der Waals surface area contributed by atoms with Gasteiger partial charge in [-0.1, -0.05) is 0 Å². The van der Waals surface area contributed by atoms with Crippen LogP contribution >= 0.6 is 11.6 Å². The third-order valence-electron chi connectivity index (χ3n) is 2.31. The van der Waals surface area contributed by atoms with Crippen molar-refractivity contribution in [3.8, 4) is 0 Å². The van der Waals surface area contributed by atoms with Gasteiger partial charge in [-0.2, -0.15) is 5.16 Å². The van der Waals surface area contributed by atoms with Crippen molar-refractivity contribution in [3.05, 3.63) is 21.7 Å². The van der Waals surface area contributed by atoms with Gasteiger partial charge in [0.1, 0.15) is 5.88 Å². The van der Waals surface area contributed by atoms with E-state index in [-0.39, 0.29) is 17.3 Å². The van der Waals surface area contributed by atoms with Crippen LogP contribution in [0.5, 0.6) is 0 Å². The molecule has 1 amide bonds. The molecule has 1 aromatic rings. The SMILES string of the molecule is O=C(CCl)N1CCc2c(o[nH]c2=O)C1. The quantitative estimate of drug-likeness (QED) is 0.677. The third-order valence-corrected chi connectivity index (χ3v) is 2.54. The van der Waals surface area contributed by atoms with Gasteiger partial charge in [-0.15, -0.1) is 11.6 Å². The summed E-state index contributed by atoms with van der Waals surface area (Å²) in [5.74, 6) is 0.366. The second-order valence-corrected chi connectivity index (χ2v) is 3.40. The molecule has 0 fully saturated rings. The van der Waals surface area contributed by atoms with Gasteiger partial charge in [-0.3, -0.25) is 9.59 Å². The summed E-state index contributed by atoms with van der Waals surface area (Å²) in [5, 5.41) is 2.26. The zero-order valence-electron chi connectivity index (χ0n) is 7.38. The van der Waals surface area contributed by atoms with Gasteiger partial charge in [0.05, 0.1) is 12.1 Å². The lowest BCUT2D eigenvalue weighted by Crippen LogP contribution is -2.37. The van der Waals surface area contributed by atoms with Gasteiger partial charge in [0, 0.05) is 6.54 Å². The van der Waals surface area contributed by atoms with E-state index in [0.29, 0.717) is 30.8 Å². The van der Waals surface area contributed by atoms with E-state index < -0.39 is 0 Å². The maximum atomic E-state index is 11.2. The van der Waals surface area contributed by atoms with E-state index in [9.17, 15) is 9.59 Å². The van der Waals surface area contributed by atoms with Crippen LogP contribution in [0, 0.1) is 0 Å². The Morgan fingerprint density at radius 1 is 1.64 bits per heavy atom. The van der Waals surface area contributed by atoms with Crippen molar-refractivity contribution in [3.63, 3.8) is 0 Å². The Balaban J connectivity index is 2.22. The molecule has 0 spiro atoms. The molecule has 1 aliphatic rings. The number of hydrogen-bond donors (Lipinski definition) is 1. The first-order valence-corrected chi connectivity index (χ1v) is 4.79. The van der Waals surface area contributed by atoms with Crippen LogP contribution in [0.25, 0.3) is 0 Å². The molecule has 1 aliphatic heterocycles. The van der Waals surface area contributed by atoms with Crippen molar-refractivity contribution in [2.24, 2.45) is 0 Å². The molecule has 1 N–H and O–H groups in total. The maximum Gasteiger partial charge on any atom is 0.283 e. The fourth-order valence-electron chi connectivity index (χ4n) is 1.53. The molecule has 2 rings (SSSR count). The fraction of sp³-hybridized carbons (Fsp3) is 0.500. The van der Waals surface area contributed by atoms with Crippen molar-refractivity contribution in [2.75, 3.05) is 12.4 Å². The van der Waals surface area contributed by atoms with E-state index in [4.69, 9.17) is 16.1 Å². The third kappa shape index (κ3) is 1.43. The largest absolute Gasteiger partial charge is 0.381 e. The van der Waals surface area contributed by atoms with Crippen LogP contribution in [-0.4, -0.2) is 28.4 Å². The van der Waals surface area contributed by atoms with Crippen molar-refractivity contribution in [1.29, 1.82) is 0 Å². The highest BCUT2D eigenvalue weighted by Gasteiger charge is 2.24. The minimum Gasteiger partial charge on any atom is -0.381 e. The number of rotatable bonds is 1. The molecule has 0 saturated carbocycles. The molecule has 76 valence electrons. The van der Waals surface area contributed by atoms with Crippen LogP contribution in [0.3, 0.4) is 0 Å². The number of H-pyrrole nitrogens is 1. The lowest BCUT2D eigenvalue weighted by molar-refractivity contribution is -0.129. The van der Waals surface area contributed by atoms with Crippen molar-refractivity contribution < 1.29 is 9.32 Å². The van der Waals surface area contributed by atoms with Crippen LogP contribution in [0.15, 0.2) is 9.32 Å². The Kier molecular flexibility index (Phi) is 2.33. The molecule has 0 saturated heterocycles. The average Bonchev–Trinajstić information content (AvgIpc) is 2.59. The minimum absolute atomic E-state index is 0.0377. The summed E-state index contributed by atoms with van der Waals surface area (Å²) in [5.41, 5.74) is 0.446. The second kappa shape index (κ2) is 3.49. The van der Waals surface area contributed by atoms with Crippen LogP contribution in [-0.2, 0) is 17.8 Å². The molecular weight excluding hydrogens is 208 g/mol. The Morgan fingerprint density at radius 2 is 2.43 bits per heavy atom. The van der Waals surface area contributed by atoms with E-state index in [1.54, 1.807) is 4.90 Å². The molecule has 2 heterocycles. The first kappa shape index (κ1) is 9.33. The summed E-state index contributed by atoms with van der Waals surface area (Å²) >= 11 is 5.43. The number of nitrogens with zero attached hydrogens (tertiary/aromatic N) is 1. The predicted molar refractivity (Wildman–Crippen MR) is 49.2 cm³/mol. The molecule has 1 aromatic heterocycles. The molecule has 0 bridgehead atoms. The number of nitrogens with one attached hydrogen (secondary N) is 1. The van der Waals surface area contributed by atoms with Crippen molar-refractivity contribution in [2.45, 2.75) is 13.0 Å². The first-order valence-electron chi connectivity index (χ1n) is 4.25. The number of hydrogen-bond acceptors (Lipinski definition) is 3. The Morgan fingerprint density at radius 3 is 3.14 bits per heavy atom. The van der Waals surface area contributed by atoms with Crippen LogP contribution in [0.4, 0.5) is 0 Å². The lowest BCUT2D eigenvalue weighted by Gasteiger charge is -2.24. The van der Waals surface area contributed by atoms with Gasteiger partial charge in [-0.05, 0) is 6.42 Å². The molecule has 0 radical (unpaired) electrons. The average molecular weight is 217 g/mol. The Hall–Kier alpha value is -1.23. The Labute approximate surface area is 84.6 Å². The molecule has 0 aliphatic carbocycles. The number of amides is 1. The zero-order chi connectivity index (χ0) is 10.1. The lowest BCUT2D eigenvalue weighted by atomic mass is 10.1. The summed E-state index contributed by atoms with van der Waals surface area (Å²) < 4.78 is 4.94. The number of aromatic nitrogens is 1. The first-order chi connectivity index (χ1) is 6.72. The molecule has 0 unspecified atom stereocenters. The van der Waals surface area contributed by atoms with Gasteiger partial charge >= 0.3 is 0 Å². The summed E-state index contributed by atoms with van der Waals surface area (Å²) in [6.45, 7) is 0.862. The topological polar surface area (TPSA) is 66.3 Å². The van der Waals surface area contributed by atoms with E-state index in [0.717, 1.165) is 0 Å². The monoisotopic (exact) mass is 216 g/mol. The molecular formula is C8H9ClN2O3. The van der Waals surface area contributed by atoms with Gasteiger partial charge in [-0.25, -0.2) is 0 Å². The summed E-state index contributed by atoms with van der Waals surface area (Å²) in [6, 6.07) is 0. The molecule has 14 heavy (non-hydrogen) atoms. The number of alkyl halides is 1.